The quantitative estimate of drug-likeness (QED) is 0.476. The Balaban J connectivity index is 1.72. The molecule has 1 saturated carbocycles. The summed E-state index contributed by atoms with van der Waals surface area (Å²) in [4.78, 5) is 28.8. The van der Waals surface area contributed by atoms with E-state index < -0.39 is 6.04 Å². The number of thioether (sulfide) groups is 1. The molecule has 7 heteroatoms. The first kappa shape index (κ1) is 24.0. The number of benzene rings is 2. The van der Waals surface area contributed by atoms with Crippen LogP contribution in [0.15, 0.2) is 53.4 Å². The molecule has 0 spiro atoms. The van der Waals surface area contributed by atoms with Crippen LogP contribution in [0, 0.1) is 0 Å². The lowest BCUT2D eigenvalue weighted by atomic mass is 9.95. The molecular weight excluding hydrogens is 451 g/mol. The second-order valence-electron chi connectivity index (χ2n) is 7.89. The van der Waals surface area contributed by atoms with Gasteiger partial charge in [-0.2, -0.15) is 0 Å². The van der Waals surface area contributed by atoms with Crippen molar-refractivity contribution in [3.05, 3.63) is 64.1 Å². The van der Waals surface area contributed by atoms with Crippen molar-refractivity contribution in [1.29, 1.82) is 0 Å². The summed E-state index contributed by atoms with van der Waals surface area (Å²) in [6.07, 6.45) is 5.50. The van der Waals surface area contributed by atoms with Crippen molar-refractivity contribution in [2.75, 3.05) is 5.75 Å². The Kier molecular flexibility index (Phi) is 9.12. The summed E-state index contributed by atoms with van der Waals surface area (Å²) in [5.74, 6) is 0.0584. The first-order chi connectivity index (χ1) is 14.9. The molecule has 2 aromatic rings. The number of rotatable bonds is 8. The van der Waals surface area contributed by atoms with Gasteiger partial charge in [0.15, 0.2) is 0 Å². The number of nitrogens with zero attached hydrogens (tertiary/aromatic N) is 1. The van der Waals surface area contributed by atoms with E-state index in [-0.39, 0.29) is 23.6 Å². The molecule has 1 aliphatic rings. The van der Waals surface area contributed by atoms with Crippen molar-refractivity contribution >= 4 is 46.8 Å². The van der Waals surface area contributed by atoms with E-state index in [1.807, 2.05) is 36.4 Å². The van der Waals surface area contributed by atoms with Crippen LogP contribution in [-0.2, 0) is 16.1 Å². The third kappa shape index (κ3) is 7.16. The number of hydrogen-bond donors (Lipinski definition) is 1. The minimum atomic E-state index is -0.583. The molecule has 0 radical (unpaired) electrons. The number of halogens is 2. The molecular formula is C24H28Cl2N2O2S. The van der Waals surface area contributed by atoms with Gasteiger partial charge >= 0.3 is 0 Å². The van der Waals surface area contributed by atoms with E-state index in [4.69, 9.17) is 23.2 Å². The van der Waals surface area contributed by atoms with Gasteiger partial charge in [0.25, 0.3) is 0 Å². The number of amides is 2. The SMILES string of the molecule is C[C@H](C(=O)NC1CCCCC1)N(Cc1ccc(Cl)c(Cl)c1)C(=O)CSc1ccccc1. The second kappa shape index (κ2) is 11.8. The Hall–Kier alpha value is -1.69. The molecule has 166 valence electrons. The first-order valence-electron chi connectivity index (χ1n) is 10.7. The molecule has 4 nitrogen and oxygen atoms in total. The standard InChI is InChI=1S/C24H28Cl2N2O2S/c1-17(24(30)27-19-8-4-2-5-9-19)28(15-18-12-13-21(25)22(26)14-18)23(29)16-31-20-10-6-3-7-11-20/h3,6-7,10-14,17,19H,2,4-5,8-9,15-16H2,1H3,(H,27,30)/t17-/m1/s1. The molecule has 1 atom stereocenters. The van der Waals surface area contributed by atoms with Gasteiger partial charge in [-0.3, -0.25) is 9.59 Å². The van der Waals surface area contributed by atoms with Crippen LogP contribution < -0.4 is 5.32 Å². The van der Waals surface area contributed by atoms with Crippen LogP contribution >= 0.6 is 35.0 Å². The van der Waals surface area contributed by atoms with Crippen molar-refractivity contribution in [3.8, 4) is 0 Å². The zero-order chi connectivity index (χ0) is 22.2. The molecule has 3 rings (SSSR count). The van der Waals surface area contributed by atoms with E-state index in [0.717, 1.165) is 36.1 Å². The van der Waals surface area contributed by atoms with Gasteiger partial charge in [-0.15, -0.1) is 11.8 Å². The predicted octanol–water partition coefficient (Wildman–Crippen LogP) is 5.95. The maximum Gasteiger partial charge on any atom is 0.242 e. The summed E-state index contributed by atoms with van der Waals surface area (Å²) in [6.45, 7) is 2.09. The fourth-order valence-electron chi connectivity index (χ4n) is 3.73. The van der Waals surface area contributed by atoms with Gasteiger partial charge < -0.3 is 10.2 Å². The minimum Gasteiger partial charge on any atom is -0.352 e. The van der Waals surface area contributed by atoms with Crippen LogP contribution in [0.2, 0.25) is 10.0 Å². The molecule has 2 amide bonds. The van der Waals surface area contributed by atoms with Gasteiger partial charge in [-0.05, 0) is 49.6 Å². The molecule has 0 aromatic heterocycles. The Labute approximate surface area is 198 Å². The van der Waals surface area contributed by atoms with Gasteiger partial charge in [0.1, 0.15) is 6.04 Å². The Morgan fingerprint density at radius 2 is 1.77 bits per heavy atom. The second-order valence-corrected chi connectivity index (χ2v) is 9.75. The van der Waals surface area contributed by atoms with Crippen LogP contribution in [0.4, 0.5) is 0 Å². The smallest absolute Gasteiger partial charge is 0.242 e. The Morgan fingerprint density at radius 1 is 1.06 bits per heavy atom. The summed E-state index contributed by atoms with van der Waals surface area (Å²) in [7, 11) is 0. The van der Waals surface area contributed by atoms with Gasteiger partial charge in [-0.1, -0.05) is 66.7 Å². The number of carbonyl (C=O) groups is 2. The third-order valence-corrected chi connectivity index (χ3v) is 7.30. The summed E-state index contributed by atoms with van der Waals surface area (Å²) in [6, 6.07) is 14.7. The van der Waals surface area contributed by atoms with Crippen LogP contribution in [0.1, 0.15) is 44.6 Å². The molecule has 0 unspecified atom stereocenters. The zero-order valence-corrected chi connectivity index (χ0v) is 20.0. The van der Waals surface area contributed by atoms with Gasteiger partial charge in [0, 0.05) is 17.5 Å². The number of carbonyl (C=O) groups excluding carboxylic acids is 2. The fraction of sp³-hybridized carbons (Fsp3) is 0.417. The van der Waals surface area contributed by atoms with Crippen molar-refractivity contribution in [2.45, 2.75) is 62.6 Å². The van der Waals surface area contributed by atoms with Crippen LogP contribution in [-0.4, -0.2) is 34.6 Å². The highest BCUT2D eigenvalue weighted by Crippen LogP contribution is 2.25. The van der Waals surface area contributed by atoms with Gasteiger partial charge in [0.2, 0.25) is 11.8 Å². The number of nitrogens with one attached hydrogen (secondary N) is 1. The highest BCUT2D eigenvalue weighted by atomic mass is 35.5. The van der Waals surface area contributed by atoms with E-state index in [0.29, 0.717) is 16.6 Å². The van der Waals surface area contributed by atoms with Crippen molar-refractivity contribution in [2.24, 2.45) is 0 Å². The van der Waals surface area contributed by atoms with E-state index >= 15 is 0 Å². The predicted molar refractivity (Wildman–Crippen MR) is 129 cm³/mol. The molecule has 0 bridgehead atoms. The Morgan fingerprint density at radius 3 is 2.45 bits per heavy atom. The topological polar surface area (TPSA) is 49.4 Å². The van der Waals surface area contributed by atoms with E-state index in [1.165, 1.54) is 18.2 Å². The lowest BCUT2D eigenvalue weighted by molar-refractivity contribution is -0.139. The zero-order valence-electron chi connectivity index (χ0n) is 17.7. The van der Waals surface area contributed by atoms with E-state index in [9.17, 15) is 9.59 Å². The molecule has 1 N–H and O–H groups in total. The lowest BCUT2D eigenvalue weighted by Gasteiger charge is -2.31. The third-order valence-electron chi connectivity index (χ3n) is 5.56. The van der Waals surface area contributed by atoms with E-state index in [2.05, 4.69) is 5.32 Å². The molecule has 1 aliphatic carbocycles. The van der Waals surface area contributed by atoms with Crippen molar-refractivity contribution < 1.29 is 9.59 Å². The molecule has 31 heavy (non-hydrogen) atoms. The minimum absolute atomic E-state index is 0.0915. The Bertz CT molecular complexity index is 888. The van der Waals surface area contributed by atoms with Gasteiger partial charge in [-0.25, -0.2) is 0 Å². The maximum absolute atomic E-state index is 13.2. The molecule has 0 aliphatic heterocycles. The highest BCUT2D eigenvalue weighted by molar-refractivity contribution is 8.00. The fourth-order valence-corrected chi connectivity index (χ4v) is 4.86. The molecule has 2 aromatic carbocycles. The van der Waals surface area contributed by atoms with Crippen molar-refractivity contribution in [1.82, 2.24) is 10.2 Å². The first-order valence-corrected chi connectivity index (χ1v) is 12.4. The van der Waals surface area contributed by atoms with Crippen LogP contribution in [0.5, 0.6) is 0 Å². The van der Waals surface area contributed by atoms with Crippen LogP contribution in [0.3, 0.4) is 0 Å². The monoisotopic (exact) mass is 478 g/mol. The summed E-state index contributed by atoms with van der Waals surface area (Å²) in [5, 5.41) is 4.05. The molecule has 0 saturated heterocycles. The average Bonchev–Trinajstić information content (AvgIpc) is 2.79. The van der Waals surface area contributed by atoms with Crippen molar-refractivity contribution in [3.63, 3.8) is 0 Å². The normalized spacial score (nSPS) is 15.3. The van der Waals surface area contributed by atoms with Gasteiger partial charge in [0.05, 0.1) is 15.8 Å². The maximum atomic E-state index is 13.2. The van der Waals surface area contributed by atoms with Crippen LogP contribution in [0.25, 0.3) is 0 Å². The summed E-state index contributed by atoms with van der Waals surface area (Å²) >= 11 is 13.7. The average molecular weight is 479 g/mol. The largest absolute Gasteiger partial charge is 0.352 e. The summed E-state index contributed by atoms with van der Waals surface area (Å²) in [5.41, 5.74) is 0.838. The van der Waals surface area contributed by atoms with E-state index in [1.54, 1.807) is 24.0 Å². The summed E-state index contributed by atoms with van der Waals surface area (Å²) < 4.78 is 0. The lowest BCUT2D eigenvalue weighted by Crippen LogP contribution is -2.50. The highest BCUT2D eigenvalue weighted by Gasteiger charge is 2.28. The molecule has 1 fully saturated rings. The molecule has 0 heterocycles. The number of hydrogen-bond acceptors (Lipinski definition) is 3.